The Morgan fingerprint density at radius 2 is 0.701 bits per heavy atom. The standard InChI is InChI=1S/C42H26S4.C16H6O2S4.C13H11O2P.C4H9O.C4H10O.CH3F.K/c1-3-7-29(8-4-1)31-17-11-27(12-18-31)15-21-33-23-39-41(43-33)35-25-38-36(26-37(35)45-39)42-40(46-38)24-34(44-42)22-16-28-13-19-32(20-14-28)30-9-5-2-6-10-30;17-5-7-1-13-15(19-7)9-3-12-10(4-11(9)21-13)16-14(22-12)2-8(6-18)20-16;14-16-15-10-11-6-8-13(9-7-11)12-4-2-1-3-5-12;1-4(2,3)5;1-3-5-4-2;1-2;/h1-26H;1-6H;1-9H,10H2;1-3H3;3-4H2,1-2H3;1H3;/q;;;-1;;;+1/b21-15+,22-16+;;;;;;/i;;;;;1D;. The van der Waals surface area contributed by atoms with Crippen LogP contribution >= 0.6 is 99.4 Å². The van der Waals surface area contributed by atoms with Crippen LogP contribution in [0, 0.1) is 0 Å². The first-order chi connectivity index (χ1) is 47.2. The van der Waals surface area contributed by atoms with Crippen LogP contribution in [0.4, 0.5) is 4.39 Å². The van der Waals surface area contributed by atoms with E-state index in [-0.39, 0.29) is 60.1 Å². The van der Waals surface area contributed by atoms with Crippen molar-refractivity contribution in [2.45, 2.75) is 46.8 Å². The van der Waals surface area contributed by atoms with Gasteiger partial charge in [0.1, 0.15) is 0 Å². The Kier molecular flexibility index (Phi) is 26.2. The van der Waals surface area contributed by atoms with Crippen molar-refractivity contribution >= 4 is 214 Å². The summed E-state index contributed by atoms with van der Waals surface area (Å²) in [5, 5.41) is 15.3. The van der Waals surface area contributed by atoms with Crippen molar-refractivity contribution in [2.75, 3.05) is 20.4 Å². The van der Waals surface area contributed by atoms with Crippen molar-refractivity contribution in [2.24, 2.45) is 0 Å². The Balaban J connectivity index is 0.000000165. The van der Waals surface area contributed by atoms with Crippen molar-refractivity contribution in [3.05, 3.63) is 249 Å². The molecule has 16 aromatic rings. The quantitative estimate of drug-likeness (QED) is 0.0612. The van der Waals surface area contributed by atoms with Crippen molar-refractivity contribution < 1.29 is 85.7 Å². The zero-order valence-electron chi connectivity index (χ0n) is 55.0. The maximum Gasteiger partial charge on any atom is 1.00 e. The van der Waals surface area contributed by atoms with E-state index in [1.807, 2.05) is 114 Å². The molecular formula is C80H65FKO6PS8. The maximum atomic E-state index is 11.0. The second kappa shape index (κ2) is 35.2. The normalized spacial score (nSPS) is 11.5. The molecule has 0 aliphatic carbocycles. The molecule has 16 rings (SSSR count). The Bertz CT molecular complexity index is 5040. The molecule has 97 heavy (non-hydrogen) atoms. The van der Waals surface area contributed by atoms with E-state index in [2.05, 4.69) is 182 Å². The van der Waals surface area contributed by atoms with Crippen molar-refractivity contribution in [3.8, 4) is 33.4 Å². The summed E-state index contributed by atoms with van der Waals surface area (Å²) in [5.74, 6) is 0. The van der Waals surface area contributed by atoms with Crippen molar-refractivity contribution in [1.82, 2.24) is 0 Å². The van der Waals surface area contributed by atoms with Crippen LogP contribution in [-0.2, 0) is 20.4 Å². The second-order valence-electron chi connectivity index (χ2n) is 22.6. The molecule has 0 aliphatic heterocycles. The van der Waals surface area contributed by atoms with E-state index in [9.17, 15) is 23.7 Å². The molecule has 0 atom stereocenters. The number of carbonyl (C=O) groups excluding carboxylic acids is 2. The minimum atomic E-state index is -1.00. The third kappa shape index (κ3) is 18.8. The first kappa shape index (κ1) is 72.1. The van der Waals surface area contributed by atoms with Gasteiger partial charge in [-0.2, -0.15) is 0 Å². The molecule has 0 N–H and O–H groups in total. The number of halogens is 1. The van der Waals surface area contributed by atoms with E-state index in [4.69, 9.17) is 10.6 Å². The third-order valence-electron chi connectivity index (χ3n) is 14.8. The van der Waals surface area contributed by atoms with Gasteiger partial charge in [-0.1, -0.05) is 197 Å². The van der Waals surface area contributed by atoms with E-state index < -0.39 is 12.8 Å². The molecule has 0 unspecified atom stereocenters. The number of aldehydes is 2. The number of hydrogen-bond donors (Lipinski definition) is 0. The molecule has 0 radical (unpaired) electrons. The molecular weight excluding hydrogens is 1400 g/mol. The van der Waals surface area contributed by atoms with Crippen LogP contribution in [0.1, 0.15) is 81.8 Å². The predicted octanol–water partition coefficient (Wildman–Crippen LogP) is 23.2. The SMILES string of the molecule is C(=C\c1cc2sc3cc4c(cc3c2s1)sc1cc(/C=C/c2ccc(-c3ccccc3)cc2)sc14)/c1ccc(-c2ccccc2)cc1.CC(C)(C)[O-].CCOCC.O=Cc1cc2sc3cc4c(cc3c2s1)sc1cc(C=O)sc14.O=POCc1ccc(-c2ccccc2)cc1.[2H]CF.[K+]. The Labute approximate surface area is 641 Å². The molecule has 0 spiro atoms. The summed E-state index contributed by atoms with van der Waals surface area (Å²) in [6, 6.07) is 74.9. The van der Waals surface area contributed by atoms with Crippen LogP contribution in [-0.4, -0.2) is 38.5 Å². The van der Waals surface area contributed by atoms with Crippen LogP contribution in [0.15, 0.2) is 212 Å². The number of rotatable bonds is 14. The molecule has 0 aliphatic rings. The van der Waals surface area contributed by atoms with Crippen LogP contribution in [0.2, 0.25) is 0 Å². The summed E-state index contributed by atoms with van der Waals surface area (Å²) in [4.78, 5) is 26.1. The summed E-state index contributed by atoms with van der Waals surface area (Å²) < 4.78 is 50.8. The zero-order valence-corrected chi connectivity index (χ0v) is 64.6. The average Bonchev–Trinajstić information content (AvgIpc) is 1.59. The smallest absolute Gasteiger partial charge is 0.850 e. The Morgan fingerprint density at radius 3 is 0.979 bits per heavy atom. The number of fused-ring (bicyclic) bond motifs is 12. The molecule has 6 nitrogen and oxygen atoms in total. The fourth-order valence-corrected chi connectivity index (χ4v) is 20.3. The van der Waals surface area contributed by atoms with Gasteiger partial charge in [0, 0.05) is 82.1 Å². The summed E-state index contributed by atoms with van der Waals surface area (Å²) in [6.45, 7) is 10.9. The number of hydrogen-bond acceptors (Lipinski definition) is 14. The zero-order chi connectivity index (χ0) is 67.8. The fourth-order valence-electron chi connectivity index (χ4n) is 10.5. The van der Waals surface area contributed by atoms with Gasteiger partial charge >= 0.3 is 60.1 Å². The Hall–Kier alpha value is -6.19. The topological polar surface area (TPSA) is 92.7 Å². The van der Waals surface area contributed by atoms with Crippen molar-refractivity contribution in [3.63, 3.8) is 0 Å². The van der Waals surface area contributed by atoms with Gasteiger partial charge in [-0.3, -0.25) is 18.5 Å². The van der Waals surface area contributed by atoms with Gasteiger partial charge < -0.3 is 9.84 Å². The minimum Gasteiger partial charge on any atom is -0.850 e. The summed E-state index contributed by atoms with van der Waals surface area (Å²) in [5.41, 5.74) is 10.1. The van der Waals surface area contributed by atoms with Crippen molar-refractivity contribution in [1.29, 1.82) is 0 Å². The van der Waals surface area contributed by atoms with Gasteiger partial charge in [-0.05, 0) is 125 Å². The summed E-state index contributed by atoms with van der Waals surface area (Å²) in [7, 11) is -1.27. The van der Waals surface area contributed by atoms with E-state index in [1.54, 1.807) is 66.1 Å². The number of carbonyl (C=O) groups is 2. The molecule has 8 aromatic heterocycles. The summed E-state index contributed by atoms with van der Waals surface area (Å²) >= 11 is 14.2. The van der Waals surface area contributed by atoms with Gasteiger partial charge in [0.05, 0.1) is 43.7 Å². The first-order valence-corrected chi connectivity index (χ1v) is 37.9. The number of benzene rings is 8. The van der Waals surface area contributed by atoms with E-state index in [1.165, 1.54) is 132 Å². The van der Waals surface area contributed by atoms with Gasteiger partial charge in [0.25, 0.3) is 0 Å². The molecule has 17 heteroatoms. The second-order valence-corrected chi connectivity index (χ2v) is 31.7. The van der Waals surface area contributed by atoms with Gasteiger partial charge in [-0.15, -0.1) is 96.3 Å². The maximum absolute atomic E-state index is 11.0. The number of alkyl halides is 1. The largest absolute Gasteiger partial charge is 1.00 e. The molecule has 0 saturated heterocycles. The van der Waals surface area contributed by atoms with E-state index in [0.717, 1.165) is 41.1 Å². The van der Waals surface area contributed by atoms with Crippen LogP contribution in [0.5, 0.6) is 0 Å². The first-order valence-electron chi connectivity index (χ1n) is 31.4. The molecule has 0 amide bonds. The van der Waals surface area contributed by atoms with Gasteiger partial charge in [-0.25, -0.2) is 4.57 Å². The molecule has 8 aromatic carbocycles. The molecule has 8 heterocycles. The molecule has 0 saturated carbocycles. The van der Waals surface area contributed by atoms with Crippen LogP contribution in [0.25, 0.3) is 136 Å². The van der Waals surface area contributed by atoms with E-state index in [0.29, 0.717) is 6.61 Å². The monoisotopic (exact) mass is 1470 g/mol. The van der Waals surface area contributed by atoms with Crippen LogP contribution in [0.3, 0.4) is 0 Å². The third-order valence-corrected chi connectivity index (χ3v) is 24.4. The average molecular weight is 1470 g/mol. The minimum absolute atomic E-state index is 0. The Morgan fingerprint density at radius 1 is 0.423 bits per heavy atom. The molecule has 0 fully saturated rings. The fraction of sp³-hybridized carbons (Fsp3) is 0.125. The predicted molar refractivity (Wildman–Crippen MR) is 422 cm³/mol. The molecule has 0 bridgehead atoms. The molecule has 482 valence electrons. The number of ether oxygens (including phenoxy) is 1. The van der Waals surface area contributed by atoms with Gasteiger partial charge in [0.15, 0.2) is 12.6 Å². The number of thiophene rings is 8. The van der Waals surface area contributed by atoms with Crippen LogP contribution < -0.4 is 56.5 Å². The summed E-state index contributed by atoms with van der Waals surface area (Å²) in [6.07, 6.45) is 10.8. The van der Waals surface area contributed by atoms with Gasteiger partial charge in [0.2, 0.25) is 0 Å². The van der Waals surface area contributed by atoms with E-state index >= 15 is 0 Å².